The fraction of sp³-hybridized carbons (Fsp3) is 0.455. The molecule has 1 aliphatic rings. The normalized spacial score (nSPS) is 18.2. The maximum Gasteiger partial charge on any atom is 0.243 e. The van der Waals surface area contributed by atoms with E-state index in [1.165, 1.54) is 16.4 Å². The molecule has 1 fully saturated rings. The van der Waals surface area contributed by atoms with Crippen molar-refractivity contribution in [3.63, 3.8) is 0 Å². The van der Waals surface area contributed by atoms with Gasteiger partial charge in [0.05, 0.1) is 18.1 Å². The van der Waals surface area contributed by atoms with Crippen LogP contribution in [0.5, 0.6) is 0 Å². The summed E-state index contributed by atoms with van der Waals surface area (Å²) in [5, 5.41) is 0. The van der Waals surface area contributed by atoms with Gasteiger partial charge in [-0.3, -0.25) is 0 Å². The van der Waals surface area contributed by atoms with E-state index in [0.29, 0.717) is 31.9 Å². The van der Waals surface area contributed by atoms with Crippen molar-refractivity contribution in [3.05, 3.63) is 29.6 Å². The van der Waals surface area contributed by atoms with Crippen molar-refractivity contribution in [2.45, 2.75) is 11.8 Å². The average Bonchev–Trinajstić information content (AvgIpc) is 2.33. The van der Waals surface area contributed by atoms with E-state index >= 15 is 0 Å². The number of benzene rings is 1. The number of nitrogens with zero attached hydrogens (tertiary/aromatic N) is 1. The molecule has 0 aromatic heterocycles. The van der Waals surface area contributed by atoms with Gasteiger partial charge in [0.2, 0.25) is 10.0 Å². The van der Waals surface area contributed by atoms with Crippen LogP contribution in [-0.2, 0) is 14.8 Å². The Balaban J connectivity index is 2.40. The Kier molecular flexibility index (Phi) is 3.46. The molecule has 0 unspecified atom stereocenters. The lowest BCUT2D eigenvalue weighted by Crippen LogP contribution is -2.40. The molecule has 1 aromatic rings. The highest BCUT2D eigenvalue weighted by Gasteiger charge is 2.27. The van der Waals surface area contributed by atoms with Crippen LogP contribution in [0.15, 0.2) is 23.1 Å². The molecule has 1 saturated heterocycles. The fourth-order valence-electron chi connectivity index (χ4n) is 1.78. The monoisotopic (exact) mass is 259 g/mol. The summed E-state index contributed by atoms with van der Waals surface area (Å²) in [6.07, 6.45) is 0. The lowest BCUT2D eigenvalue weighted by Gasteiger charge is -2.26. The summed E-state index contributed by atoms with van der Waals surface area (Å²) in [5.74, 6) is -0.539. The van der Waals surface area contributed by atoms with Gasteiger partial charge in [-0.1, -0.05) is 6.07 Å². The molecule has 0 aliphatic carbocycles. The summed E-state index contributed by atoms with van der Waals surface area (Å²) < 4.78 is 44.1. The zero-order valence-corrected chi connectivity index (χ0v) is 10.3. The Labute approximate surface area is 100 Å². The minimum atomic E-state index is -3.60. The molecule has 17 heavy (non-hydrogen) atoms. The number of halogens is 1. The van der Waals surface area contributed by atoms with E-state index in [1.54, 1.807) is 6.92 Å². The smallest absolute Gasteiger partial charge is 0.243 e. The van der Waals surface area contributed by atoms with Crippen molar-refractivity contribution in [2.75, 3.05) is 26.3 Å². The minimum Gasteiger partial charge on any atom is -0.379 e. The molecule has 1 aromatic carbocycles. The number of rotatable bonds is 2. The largest absolute Gasteiger partial charge is 0.379 e. The molecule has 0 saturated carbocycles. The Bertz CT molecular complexity index is 509. The number of ether oxygens (including phenoxy) is 1. The predicted molar refractivity (Wildman–Crippen MR) is 60.7 cm³/mol. The van der Waals surface area contributed by atoms with Crippen molar-refractivity contribution >= 4 is 10.0 Å². The van der Waals surface area contributed by atoms with E-state index in [0.717, 1.165) is 6.07 Å². The quantitative estimate of drug-likeness (QED) is 0.800. The van der Waals surface area contributed by atoms with Gasteiger partial charge in [0.15, 0.2) is 0 Å². The van der Waals surface area contributed by atoms with Crippen molar-refractivity contribution in [1.29, 1.82) is 0 Å². The van der Waals surface area contributed by atoms with Crippen LogP contribution in [0.1, 0.15) is 5.56 Å². The SMILES string of the molecule is Cc1ccc(F)cc1S(=O)(=O)N1CCOCC1. The summed E-state index contributed by atoms with van der Waals surface area (Å²) in [4.78, 5) is 0.0411. The van der Waals surface area contributed by atoms with Crippen LogP contribution in [0.2, 0.25) is 0 Å². The lowest BCUT2D eigenvalue weighted by molar-refractivity contribution is 0.0730. The van der Waals surface area contributed by atoms with Gasteiger partial charge in [-0.15, -0.1) is 0 Å². The topological polar surface area (TPSA) is 46.6 Å². The van der Waals surface area contributed by atoms with Crippen molar-refractivity contribution in [1.82, 2.24) is 4.31 Å². The molecule has 0 spiro atoms. The Morgan fingerprint density at radius 2 is 1.94 bits per heavy atom. The summed E-state index contributed by atoms with van der Waals surface area (Å²) in [5.41, 5.74) is 0.554. The molecule has 1 heterocycles. The molecule has 0 atom stereocenters. The third kappa shape index (κ3) is 2.48. The highest BCUT2D eigenvalue weighted by atomic mass is 32.2. The van der Waals surface area contributed by atoms with E-state index < -0.39 is 15.8 Å². The van der Waals surface area contributed by atoms with E-state index in [2.05, 4.69) is 0 Å². The number of hydrogen-bond donors (Lipinski definition) is 0. The van der Waals surface area contributed by atoms with Crippen LogP contribution in [0.3, 0.4) is 0 Å². The molecular weight excluding hydrogens is 245 g/mol. The molecule has 2 rings (SSSR count). The van der Waals surface area contributed by atoms with E-state index in [4.69, 9.17) is 4.74 Å². The first-order valence-corrected chi connectivity index (χ1v) is 6.80. The Morgan fingerprint density at radius 3 is 2.59 bits per heavy atom. The van der Waals surface area contributed by atoms with Crippen LogP contribution in [0.25, 0.3) is 0 Å². The number of aryl methyl sites for hydroxylation is 1. The molecule has 0 amide bonds. The zero-order chi connectivity index (χ0) is 12.5. The lowest BCUT2D eigenvalue weighted by atomic mass is 10.2. The van der Waals surface area contributed by atoms with E-state index in [-0.39, 0.29) is 4.90 Å². The van der Waals surface area contributed by atoms with Crippen LogP contribution < -0.4 is 0 Å². The van der Waals surface area contributed by atoms with Crippen molar-refractivity contribution in [2.24, 2.45) is 0 Å². The average molecular weight is 259 g/mol. The third-order valence-corrected chi connectivity index (χ3v) is 4.78. The second-order valence-corrected chi connectivity index (χ2v) is 5.83. The van der Waals surface area contributed by atoms with Gasteiger partial charge in [-0.05, 0) is 24.6 Å². The van der Waals surface area contributed by atoms with E-state index in [1.807, 2.05) is 0 Å². The number of morpholine rings is 1. The maximum atomic E-state index is 13.1. The van der Waals surface area contributed by atoms with Crippen LogP contribution in [0.4, 0.5) is 4.39 Å². The van der Waals surface area contributed by atoms with Gasteiger partial charge >= 0.3 is 0 Å². The first-order chi connectivity index (χ1) is 8.01. The van der Waals surface area contributed by atoms with Crippen molar-refractivity contribution in [3.8, 4) is 0 Å². The third-order valence-electron chi connectivity index (χ3n) is 2.74. The Hall–Kier alpha value is -0.980. The Morgan fingerprint density at radius 1 is 1.29 bits per heavy atom. The zero-order valence-electron chi connectivity index (χ0n) is 9.52. The molecule has 4 nitrogen and oxygen atoms in total. The number of hydrogen-bond acceptors (Lipinski definition) is 3. The highest BCUT2D eigenvalue weighted by molar-refractivity contribution is 7.89. The summed E-state index contributed by atoms with van der Waals surface area (Å²) in [6.45, 7) is 3.06. The fourth-order valence-corrected chi connectivity index (χ4v) is 3.42. The maximum absolute atomic E-state index is 13.1. The second-order valence-electron chi connectivity index (χ2n) is 3.93. The van der Waals surface area contributed by atoms with Crippen molar-refractivity contribution < 1.29 is 17.5 Å². The highest BCUT2D eigenvalue weighted by Crippen LogP contribution is 2.21. The molecular formula is C11H14FNO3S. The molecule has 0 radical (unpaired) electrons. The van der Waals surface area contributed by atoms with Crippen LogP contribution >= 0.6 is 0 Å². The van der Waals surface area contributed by atoms with Gasteiger partial charge in [0.1, 0.15) is 5.82 Å². The molecule has 94 valence electrons. The van der Waals surface area contributed by atoms with Crippen LogP contribution in [-0.4, -0.2) is 39.0 Å². The standard InChI is InChI=1S/C11H14FNO3S/c1-9-2-3-10(12)8-11(9)17(14,15)13-4-6-16-7-5-13/h2-3,8H,4-7H2,1H3. The predicted octanol–water partition coefficient (Wildman–Crippen LogP) is 1.16. The minimum absolute atomic E-state index is 0.0411. The number of sulfonamides is 1. The summed E-state index contributed by atoms with van der Waals surface area (Å²) in [7, 11) is -3.60. The summed E-state index contributed by atoms with van der Waals surface area (Å²) in [6, 6.07) is 3.80. The molecule has 6 heteroatoms. The molecule has 0 N–H and O–H groups in total. The molecule has 0 bridgehead atoms. The second kappa shape index (κ2) is 4.72. The van der Waals surface area contributed by atoms with Gasteiger partial charge in [0.25, 0.3) is 0 Å². The first kappa shape index (κ1) is 12.5. The van der Waals surface area contributed by atoms with E-state index in [9.17, 15) is 12.8 Å². The first-order valence-electron chi connectivity index (χ1n) is 5.36. The van der Waals surface area contributed by atoms with Gasteiger partial charge < -0.3 is 4.74 Å². The van der Waals surface area contributed by atoms with Gasteiger partial charge in [0, 0.05) is 13.1 Å². The molecule has 1 aliphatic heterocycles. The summed E-state index contributed by atoms with van der Waals surface area (Å²) >= 11 is 0. The van der Waals surface area contributed by atoms with Crippen LogP contribution in [0, 0.1) is 12.7 Å². The van der Waals surface area contributed by atoms with Gasteiger partial charge in [-0.2, -0.15) is 4.31 Å². The van der Waals surface area contributed by atoms with Gasteiger partial charge in [-0.25, -0.2) is 12.8 Å².